The van der Waals surface area contributed by atoms with Gasteiger partial charge >= 0.3 is 5.97 Å². The summed E-state index contributed by atoms with van der Waals surface area (Å²) in [6.45, 7) is 0.317. The van der Waals surface area contributed by atoms with E-state index in [1.807, 2.05) is 17.5 Å². The van der Waals surface area contributed by atoms with Crippen molar-refractivity contribution in [3.63, 3.8) is 0 Å². The molecule has 14 heavy (non-hydrogen) atoms. The first kappa shape index (κ1) is 10.7. The lowest BCUT2D eigenvalue weighted by molar-refractivity contribution is -0.142. The summed E-state index contributed by atoms with van der Waals surface area (Å²) in [5.41, 5.74) is 5.09. The molecule has 0 saturated carbocycles. The average Bonchev–Trinajstić information content (AvgIpc) is 2.65. The van der Waals surface area contributed by atoms with Crippen molar-refractivity contribution in [2.24, 2.45) is 5.73 Å². The van der Waals surface area contributed by atoms with Crippen LogP contribution in [0.5, 0.6) is 0 Å². The number of nitrogens with one attached hydrogen (secondary N) is 1. The molecule has 0 aliphatic carbocycles. The second-order valence-corrected chi connectivity index (χ2v) is 3.65. The molecule has 1 rings (SSSR count). The number of carbonyl (C=O) groups excluding carboxylic acids is 1. The van der Waals surface area contributed by atoms with Crippen LogP contribution in [0.3, 0.4) is 0 Å². The van der Waals surface area contributed by atoms with E-state index < -0.39 is 17.9 Å². The van der Waals surface area contributed by atoms with Crippen LogP contribution >= 0.6 is 11.3 Å². The summed E-state index contributed by atoms with van der Waals surface area (Å²) < 4.78 is 0. The molecule has 1 amide bonds. The summed E-state index contributed by atoms with van der Waals surface area (Å²) in [6, 6.07) is 2.20. The zero-order valence-corrected chi connectivity index (χ0v) is 8.08. The number of carboxylic acids is 1. The fraction of sp³-hybridized carbons (Fsp3) is 0.250. The van der Waals surface area contributed by atoms with E-state index in [2.05, 4.69) is 5.32 Å². The van der Waals surface area contributed by atoms with Gasteiger partial charge in [0.25, 0.3) is 0 Å². The van der Waals surface area contributed by atoms with E-state index in [1.54, 1.807) is 0 Å². The Morgan fingerprint density at radius 1 is 1.64 bits per heavy atom. The molecule has 5 nitrogen and oxygen atoms in total. The number of amides is 1. The normalized spacial score (nSPS) is 12.1. The molecule has 1 aromatic heterocycles. The Labute approximate surface area is 84.5 Å². The minimum absolute atomic E-state index is 0.317. The standard InChI is InChI=1S/C8H10N2O3S/c9-6(8(12)13)7(11)10-4-5-2-1-3-14-5/h1-3,6H,4,9H2,(H,10,11)(H,12,13). The Bertz CT molecular complexity index is 323. The van der Waals surface area contributed by atoms with Crippen molar-refractivity contribution in [2.45, 2.75) is 12.6 Å². The predicted octanol–water partition coefficient (Wildman–Crippen LogP) is -0.224. The molecule has 0 spiro atoms. The molecular weight excluding hydrogens is 204 g/mol. The molecule has 0 radical (unpaired) electrons. The first-order valence-corrected chi connectivity index (χ1v) is 4.77. The maximum absolute atomic E-state index is 11.1. The SMILES string of the molecule is NC(C(=O)O)C(=O)NCc1cccs1. The minimum Gasteiger partial charge on any atom is -0.480 e. The van der Waals surface area contributed by atoms with Gasteiger partial charge in [-0.25, -0.2) is 4.79 Å². The smallest absolute Gasteiger partial charge is 0.330 e. The minimum atomic E-state index is -1.49. The first-order chi connectivity index (χ1) is 6.61. The van der Waals surface area contributed by atoms with E-state index in [4.69, 9.17) is 10.8 Å². The second kappa shape index (κ2) is 4.73. The molecule has 1 unspecified atom stereocenters. The molecule has 1 heterocycles. The molecule has 1 aromatic rings. The highest BCUT2D eigenvalue weighted by Gasteiger charge is 2.20. The van der Waals surface area contributed by atoms with E-state index in [9.17, 15) is 9.59 Å². The first-order valence-electron chi connectivity index (χ1n) is 3.89. The molecule has 76 valence electrons. The maximum Gasteiger partial charge on any atom is 0.330 e. The summed E-state index contributed by atoms with van der Waals surface area (Å²) in [5, 5.41) is 12.7. The molecule has 1 atom stereocenters. The van der Waals surface area contributed by atoms with Gasteiger partial charge in [0.2, 0.25) is 5.91 Å². The van der Waals surface area contributed by atoms with Crippen molar-refractivity contribution in [1.82, 2.24) is 5.32 Å². The molecule has 0 saturated heterocycles. The zero-order valence-electron chi connectivity index (χ0n) is 7.27. The van der Waals surface area contributed by atoms with Crippen molar-refractivity contribution in [2.75, 3.05) is 0 Å². The molecule has 0 aromatic carbocycles. The van der Waals surface area contributed by atoms with Crippen LogP contribution in [0.2, 0.25) is 0 Å². The highest BCUT2D eigenvalue weighted by atomic mass is 32.1. The van der Waals surface area contributed by atoms with Gasteiger partial charge in [0.1, 0.15) is 0 Å². The quantitative estimate of drug-likeness (QED) is 0.604. The summed E-state index contributed by atoms with van der Waals surface area (Å²) in [4.78, 5) is 22.3. The maximum atomic E-state index is 11.1. The number of hydrogen-bond acceptors (Lipinski definition) is 4. The van der Waals surface area contributed by atoms with E-state index in [-0.39, 0.29) is 0 Å². The Balaban J connectivity index is 2.39. The number of carboxylic acid groups (broad SMARTS) is 1. The van der Waals surface area contributed by atoms with Crippen LogP contribution in [-0.4, -0.2) is 23.0 Å². The van der Waals surface area contributed by atoms with Gasteiger partial charge < -0.3 is 16.2 Å². The van der Waals surface area contributed by atoms with E-state index in [0.29, 0.717) is 6.54 Å². The number of aliphatic carboxylic acids is 1. The second-order valence-electron chi connectivity index (χ2n) is 2.61. The Morgan fingerprint density at radius 3 is 2.86 bits per heavy atom. The van der Waals surface area contributed by atoms with Crippen molar-refractivity contribution in [3.8, 4) is 0 Å². The monoisotopic (exact) mass is 214 g/mol. The third-order valence-corrected chi connectivity index (χ3v) is 2.44. The molecule has 0 aliphatic heterocycles. The van der Waals surface area contributed by atoms with Crippen LogP contribution in [0.15, 0.2) is 17.5 Å². The third kappa shape index (κ3) is 2.82. The van der Waals surface area contributed by atoms with Gasteiger partial charge in [-0.3, -0.25) is 4.79 Å². The van der Waals surface area contributed by atoms with E-state index in [0.717, 1.165) is 4.88 Å². The fourth-order valence-corrected chi connectivity index (χ4v) is 1.45. The Kier molecular flexibility index (Phi) is 3.61. The van der Waals surface area contributed by atoms with E-state index >= 15 is 0 Å². The van der Waals surface area contributed by atoms with Crippen LogP contribution in [0.25, 0.3) is 0 Å². The van der Waals surface area contributed by atoms with Gasteiger partial charge in [0.15, 0.2) is 6.04 Å². The van der Waals surface area contributed by atoms with E-state index in [1.165, 1.54) is 11.3 Å². The summed E-state index contributed by atoms with van der Waals surface area (Å²) in [5.74, 6) is -2.00. The summed E-state index contributed by atoms with van der Waals surface area (Å²) >= 11 is 1.48. The lowest BCUT2D eigenvalue weighted by Crippen LogP contribution is -2.45. The lowest BCUT2D eigenvalue weighted by Gasteiger charge is -2.06. The highest BCUT2D eigenvalue weighted by molar-refractivity contribution is 7.09. The number of thiophene rings is 1. The van der Waals surface area contributed by atoms with Crippen molar-refractivity contribution in [1.29, 1.82) is 0 Å². The Hall–Kier alpha value is -1.40. The topological polar surface area (TPSA) is 92.4 Å². The molecule has 0 aliphatic rings. The van der Waals surface area contributed by atoms with Crippen LogP contribution in [-0.2, 0) is 16.1 Å². The van der Waals surface area contributed by atoms with Crippen LogP contribution < -0.4 is 11.1 Å². The molecule has 0 bridgehead atoms. The third-order valence-electron chi connectivity index (χ3n) is 1.57. The summed E-state index contributed by atoms with van der Waals surface area (Å²) in [6.07, 6.45) is 0. The summed E-state index contributed by atoms with van der Waals surface area (Å²) in [7, 11) is 0. The van der Waals surface area contributed by atoms with Gasteiger partial charge in [-0.15, -0.1) is 11.3 Å². The fourth-order valence-electron chi connectivity index (χ4n) is 0.809. The van der Waals surface area contributed by atoms with Crippen LogP contribution in [0, 0.1) is 0 Å². The number of hydrogen-bond donors (Lipinski definition) is 3. The highest BCUT2D eigenvalue weighted by Crippen LogP contribution is 2.07. The molecule has 0 fully saturated rings. The number of nitrogens with two attached hydrogens (primary N) is 1. The molecule has 4 N–H and O–H groups in total. The van der Waals surface area contributed by atoms with Crippen LogP contribution in [0.4, 0.5) is 0 Å². The van der Waals surface area contributed by atoms with Crippen molar-refractivity contribution < 1.29 is 14.7 Å². The molecular formula is C8H10N2O3S. The lowest BCUT2D eigenvalue weighted by atomic mass is 10.3. The van der Waals surface area contributed by atoms with Gasteiger partial charge in [0.05, 0.1) is 6.54 Å². The number of carbonyl (C=O) groups is 2. The van der Waals surface area contributed by atoms with Crippen LogP contribution in [0.1, 0.15) is 4.88 Å². The largest absolute Gasteiger partial charge is 0.480 e. The van der Waals surface area contributed by atoms with Gasteiger partial charge in [-0.2, -0.15) is 0 Å². The predicted molar refractivity (Wildman–Crippen MR) is 51.8 cm³/mol. The van der Waals surface area contributed by atoms with Gasteiger partial charge in [-0.1, -0.05) is 6.07 Å². The average molecular weight is 214 g/mol. The van der Waals surface area contributed by atoms with Crippen molar-refractivity contribution in [3.05, 3.63) is 22.4 Å². The molecule has 6 heteroatoms. The van der Waals surface area contributed by atoms with Gasteiger partial charge in [0, 0.05) is 4.88 Å². The van der Waals surface area contributed by atoms with Crippen molar-refractivity contribution >= 4 is 23.2 Å². The number of rotatable bonds is 4. The van der Waals surface area contributed by atoms with Gasteiger partial charge in [-0.05, 0) is 11.4 Å². The zero-order chi connectivity index (χ0) is 10.6. The Morgan fingerprint density at radius 2 is 2.36 bits per heavy atom.